The molecule has 2 N–H and O–H groups in total. The predicted octanol–water partition coefficient (Wildman–Crippen LogP) is 0.142. The van der Waals surface area contributed by atoms with Crippen LogP contribution in [0.5, 0.6) is 0 Å². The molecule has 0 aromatic heterocycles. The lowest BCUT2D eigenvalue weighted by Gasteiger charge is -2.21. The summed E-state index contributed by atoms with van der Waals surface area (Å²) in [5.74, 6) is -0.916. The number of aliphatic carboxylic acids is 1. The first-order chi connectivity index (χ1) is 6.65. The maximum Gasteiger partial charge on any atom is 0.309 e. The van der Waals surface area contributed by atoms with Crippen LogP contribution in [0.2, 0.25) is 0 Å². The van der Waals surface area contributed by atoms with Crippen molar-refractivity contribution in [2.45, 2.75) is 37.9 Å². The van der Waals surface area contributed by atoms with Crippen molar-refractivity contribution < 1.29 is 9.90 Å². The van der Waals surface area contributed by atoms with E-state index in [1.54, 1.807) is 0 Å². The van der Waals surface area contributed by atoms with Gasteiger partial charge in [0.05, 0.1) is 5.92 Å². The molecule has 14 heavy (non-hydrogen) atoms. The highest BCUT2D eigenvalue weighted by atomic mass is 16.4. The average molecular weight is 198 g/mol. The molecule has 1 aliphatic heterocycles. The summed E-state index contributed by atoms with van der Waals surface area (Å²) in [4.78, 5) is 13.5. The zero-order valence-electron chi connectivity index (χ0n) is 8.73. The van der Waals surface area contributed by atoms with Gasteiger partial charge in [0.15, 0.2) is 0 Å². The zero-order chi connectivity index (χ0) is 10.3. The third-order valence-electron chi connectivity index (χ3n) is 3.56. The van der Waals surface area contributed by atoms with Crippen molar-refractivity contribution in [3.63, 3.8) is 0 Å². The summed E-state index contributed by atoms with van der Waals surface area (Å²) in [7, 11) is 1.85. The smallest absolute Gasteiger partial charge is 0.309 e. The van der Waals surface area contributed by atoms with Gasteiger partial charge in [0.1, 0.15) is 0 Å². The van der Waals surface area contributed by atoms with E-state index in [9.17, 15) is 4.79 Å². The fourth-order valence-corrected chi connectivity index (χ4v) is 2.59. The van der Waals surface area contributed by atoms with E-state index in [1.165, 1.54) is 12.8 Å². The molecule has 4 nitrogen and oxygen atoms in total. The number of carboxylic acids is 1. The lowest BCUT2D eigenvalue weighted by molar-refractivity contribution is -0.142. The van der Waals surface area contributed by atoms with Crippen molar-refractivity contribution in [1.29, 1.82) is 0 Å². The van der Waals surface area contributed by atoms with Crippen molar-refractivity contribution >= 4 is 5.97 Å². The normalized spacial score (nSPS) is 38.9. The number of hydrogen-bond donors (Lipinski definition) is 2. The van der Waals surface area contributed by atoms with Crippen LogP contribution >= 0.6 is 0 Å². The van der Waals surface area contributed by atoms with Crippen LogP contribution in [0.4, 0.5) is 0 Å². The molecule has 2 rings (SSSR count). The maximum absolute atomic E-state index is 11.1. The van der Waals surface area contributed by atoms with Gasteiger partial charge in [-0.15, -0.1) is 0 Å². The molecule has 1 aliphatic carbocycles. The molecule has 0 bridgehead atoms. The van der Waals surface area contributed by atoms with Crippen LogP contribution in [0.1, 0.15) is 19.8 Å². The molecule has 4 heteroatoms. The molecule has 0 aromatic rings. The Kier molecular flexibility index (Phi) is 2.49. The first kappa shape index (κ1) is 9.93. The monoisotopic (exact) mass is 198 g/mol. The van der Waals surface area contributed by atoms with E-state index in [0.717, 1.165) is 6.54 Å². The summed E-state index contributed by atoms with van der Waals surface area (Å²) in [6.45, 7) is 2.92. The number of hydrogen-bond acceptors (Lipinski definition) is 3. The molecule has 1 saturated carbocycles. The standard InChI is InChI=1S/C10H18N2O2/c1-6-9(10(13)14)8(11-2)5-12(6)7-3-4-7/h6-9,11H,3-5H2,1-2H3,(H,13,14). The van der Waals surface area contributed by atoms with Gasteiger partial charge in [-0.05, 0) is 26.8 Å². The van der Waals surface area contributed by atoms with Gasteiger partial charge in [0, 0.05) is 24.7 Å². The molecule has 2 fully saturated rings. The second-order valence-corrected chi connectivity index (χ2v) is 4.43. The minimum Gasteiger partial charge on any atom is -0.481 e. The molecule has 0 aromatic carbocycles. The summed E-state index contributed by atoms with van der Waals surface area (Å²) in [5.41, 5.74) is 0. The SMILES string of the molecule is CNC1CN(C2CC2)C(C)C1C(=O)O. The van der Waals surface area contributed by atoms with Gasteiger partial charge >= 0.3 is 5.97 Å². The highest BCUT2D eigenvalue weighted by molar-refractivity contribution is 5.72. The van der Waals surface area contributed by atoms with Crippen molar-refractivity contribution in [2.24, 2.45) is 5.92 Å². The maximum atomic E-state index is 11.1. The molecule has 1 saturated heterocycles. The Morgan fingerprint density at radius 1 is 1.50 bits per heavy atom. The van der Waals surface area contributed by atoms with E-state index < -0.39 is 5.97 Å². The van der Waals surface area contributed by atoms with Crippen LogP contribution in [0.25, 0.3) is 0 Å². The number of nitrogens with one attached hydrogen (secondary N) is 1. The summed E-state index contributed by atoms with van der Waals surface area (Å²) in [6.07, 6.45) is 2.49. The molecular weight excluding hydrogens is 180 g/mol. The summed E-state index contributed by atoms with van der Waals surface area (Å²) in [5, 5.41) is 12.3. The van der Waals surface area contributed by atoms with Crippen LogP contribution in [-0.2, 0) is 4.79 Å². The second-order valence-electron chi connectivity index (χ2n) is 4.43. The van der Waals surface area contributed by atoms with Gasteiger partial charge in [0.2, 0.25) is 0 Å². The van der Waals surface area contributed by atoms with Gasteiger partial charge in [0.25, 0.3) is 0 Å². The minimum absolute atomic E-state index is 0.114. The van der Waals surface area contributed by atoms with Crippen LogP contribution in [-0.4, -0.2) is 47.7 Å². The molecule has 3 unspecified atom stereocenters. The molecule has 2 aliphatic rings. The van der Waals surface area contributed by atoms with Crippen molar-refractivity contribution in [3.05, 3.63) is 0 Å². The lowest BCUT2D eigenvalue weighted by Crippen LogP contribution is -2.39. The topological polar surface area (TPSA) is 52.6 Å². The Morgan fingerprint density at radius 3 is 2.50 bits per heavy atom. The lowest BCUT2D eigenvalue weighted by atomic mass is 9.98. The molecule has 0 spiro atoms. The molecule has 0 radical (unpaired) electrons. The number of carboxylic acid groups (broad SMARTS) is 1. The van der Waals surface area contributed by atoms with Gasteiger partial charge in [-0.2, -0.15) is 0 Å². The van der Waals surface area contributed by atoms with Crippen LogP contribution in [0.15, 0.2) is 0 Å². The zero-order valence-corrected chi connectivity index (χ0v) is 8.73. The summed E-state index contributed by atoms with van der Waals surface area (Å²) in [6, 6.07) is 0.950. The predicted molar refractivity (Wildman–Crippen MR) is 53.2 cm³/mol. The number of rotatable bonds is 3. The minimum atomic E-state index is -0.667. The Hall–Kier alpha value is -0.610. The fourth-order valence-electron chi connectivity index (χ4n) is 2.59. The first-order valence-corrected chi connectivity index (χ1v) is 5.31. The summed E-state index contributed by atoms with van der Waals surface area (Å²) >= 11 is 0. The molecule has 1 heterocycles. The van der Waals surface area contributed by atoms with E-state index >= 15 is 0 Å². The average Bonchev–Trinajstić information content (AvgIpc) is 2.90. The Morgan fingerprint density at radius 2 is 2.14 bits per heavy atom. The highest BCUT2D eigenvalue weighted by Gasteiger charge is 2.47. The molecule has 80 valence electrons. The van der Waals surface area contributed by atoms with Crippen molar-refractivity contribution in [2.75, 3.05) is 13.6 Å². The third-order valence-corrected chi connectivity index (χ3v) is 3.56. The number of likely N-dealkylation sites (tertiary alicyclic amines) is 1. The summed E-state index contributed by atoms with van der Waals surface area (Å²) < 4.78 is 0. The molecule has 0 amide bonds. The number of likely N-dealkylation sites (N-methyl/N-ethyl adjacent to an activating group) is 1. The van der Waals surface area contributed by atoms with E-state index in [-0.39, 0.29) is 18.0 Å². The Bertz CT molecular complexity index is 240. The van der Waals surface area contributed by atoms with Gasteiger partial charge in [-0.1, -0.05) is 0 Å². The largest absolute Gasteiger partial charge is 0.481 e. The van der Waals surface area contributed by atoms with E-state index in [0.29, 0.717) is 6.04 Å². The van der Waals surface area contributed by atoms with Crippen molar-refractivity contribution in [1.82, 2.24) is 10.2 Å². The van der Waals surface area contributed by atoms with Gasteiger partial charge in [-0.25, -0.2) is 0 Å². The van der Waals surface area contributed by atoms with Crippen LogP contribution in [0, 0.1) is 5.92 Å². The van der Waals surface area contributed by atoms with Gasteiger partial charge in [-0.3, -0.25) is 9.69 Å². The van der Waals surface area contributed by atoms with E-state index in [1.807, 2.05) is 14.0 Å². The first-order valence-electron chi connectivity index (χ1n) is 5.31. The Labute approximate surface area is 84.3 Å². The second kappa shape index (κ2) is 3.51. The molecule has 3 atom stereocenters. The van der Waals surface area contributed by atoms with Gasteiger partial charge < -0.3 is 10.4 Å². The fraction of sp³-hybridized carbons (Fsp3) is 0.900. The highest BCUT2D eigenvalue weighted by Crippen LogP contribution is 2.35. The van der Waals surface area contributed by atoms with E-state index in [2.05, 4.69) is 10.2 Å². The molecular formula is C10H18N2O2. The number of nitrogens with zero attached hydrogens (tertiary/aromatic N) is 1. The quantitative estimate of drug-likeness (QED) is 0.677. The van der Waals surface area contributed by atoms with E-state index in [4.69, 9.17) is 5.11 Å². The van der Waals surface area contributed by atoms with Crippen LogP contribution < -0.4 is 5.32 Å². The van der Waals surface area contributed by atoms with Crippen LogP contribution in [0.3, 0.4) is 0 Å². The Balaban J connectivity index is 2.10. The number of carbonyl (C=O) groups is 1. The van der Waals surface area contributed by atoms with Crippen molar-refractivity contribution in [3.8, 4) is 0 Å². The third kappa shape index (κ3) is 1.53.